The highest BCUT2D eigenvalue weighted by atomic mass is 32.2. The molecule has 2 heterocycles. The van der Waals surface area contributed by atoms with Gasteiger partial charge in [-0.05, 0) is 48.5 Å². The molecule has 180 valence electrons. The minimum Gasteiger partial charge on any atom is -0.340 e. The van der Waals surface area contributed by atoms with E-state index >= 15 is 0 Å². The van der Waals surface area contributed by atoms with Gasteiger partial charge in [-0.1, -0.05) is 60.7 Å². The second-order valence-electron chi connectivity index (χ2n) is 8.38. The van der Waals surface area contributed by atoms with E-state index in [1.54, 1.807) is 12.1 Å². The number of nitrogens with zero attached hydrogens (tertiary/aromatic N) is 2. The van der Waals surface area contributed by atoms with Crippen molar-refractivity contribution in [2.45, 2.75) is 13.5 Å². The number of thioether (sulfide) groups is 1. The van der Waals surface area contributed by atoms with Crippen LogP contribution in [0.4, 0.5) is 14.9 Å². The molecule has 1 fully saturated rings. The summed E-state index contributed by atoms with van der Waals surface area (Å²) >= 11 is 0.794. The lowest BCUT2D eigenvalue weighted by Gasteiger charge is -2.12. The number of carbonyl (C=O) groups is 3. The predicted molar refractivity (Wildman–Crippen MR) is 140 cm³/mol. The van der Waals surface area contributed by atoms with Crippen molar-refractivity contribution in [3.8, 4) is 0 Å². The first-order valence-electron chi connectivity index (χ1n) is 11.3. The third-order valence-corrected chi connectivity index (χ3v) is 6.97. The van der Waals surface area contributed by atoms with Gasteiger partial charge in [-0.3, -0.25) is 19.3 Å². The minimum atomic E-state index is -0.653. The Kier molecular flexibility index (Phi) is 6.43. The van der Waals surface area contributed by atoms with Gasteiger partial charge in [0.05, 0.1) is 10.6 Å². The van der Waals surface area contributed by atoms with Crippen LogP contribution < -0.4 is 5.32 Å². The quantitative estimate of drug-likeness (QED) is 0.340. The van der Waals surface area contributed by atoms with Gasteiger partial charge < -0.3 is 9.88 Å². The van der Waals surface area contributed by atoms with E-state index in [2.05, 4.69) is 22.0 Å². The van der Waals surface area contributed by atoms with Crippen molar-refractivity contribution in [2.24, 2.45) is 0 Å². The molecule has 0 aliphatic carbocycles. The van der Waals surface area contributed by atoms with Crippen molar-refractivity contribution in [1.29, 1.82) is 0 Å². The molecule has 1 aromatic heterocycles. The van der Waals surface area contributed by atoms with Gasteiger partial charge in [0.15, 0.2) is 0 Å². The van der Waals surface area contributed by atoms with Crippen LogP contribution in [0.1, 0.15) is 16.8 Å². The van der Waals surface area contributed by atoms with E-state index in [1.165, 1.54) is 18.2 Å². The van der Waals surface area contributed by atoms with Crippen LogP contribution in [0.5, 0.6) is 0 Å². The maximum atomic E-state index is 13.8. The monoisotopic (exact) mass is 499 g/mol. The molecule has 3 aromatic carbocycles. The van der Waals surface area contributed by atoms with Crippen LogP contribution in [0.2, 0.25) is 0 Å². The number of hydrogen-bond acceptors (Lipinski definition) is 4. The van der Waals surface area contributed by atoms with E-state index in [9.17, 15) is 18.8 Å². The predicted octanol–water partition coefficient (Wildman–Crippen LogP) is 5.81. The molecule has 6 nitrogen and oxygen atoms in total. The van der Waals surface area contributed by atoms with E-state index in [0.717, 1.165) is 44.4 Å². The van der Waals surface area contributed by atoms with Crippen LogP contribution in [0.3, 0.4) is 0 Å². The number of rotatable bonds is 6. The first-order chi connectivity index (χ1) is 17.4. The fourth-order valence-electron chi connectivity index (χ4n) is 4.27. The maximum Gasteiger partial charge on any atom is 0.294 e. The average molecular weight is 500 g/mol. The van der Waals surface area contributed by atoms with Gasteiger partial charge in [0, 0.05) is 28.7 Å². The Balaban J connectivity index is 1.42. The van der Waals surface area contributed by atoms with Gasteiger partial charge in [0.25, 0.3) is 11.1 Å². The zero-order valence-corrected chi connectivity index (χ0v) is 20.2. The van der Waals surface area contributed by atoms with Gasteiger partial charge in [-0.25, -0.2) is 4.39 Å². The van der Waals surface area contributed by atoms with E-state index < -0.39 is 29.4 Å². The summed E-state index contributed by atoms with van der Waals surface area (Å²) in [5, 5.41) is 2.84. The Labute approximate surface area is 211 Å². The number of fused-ring (bicyclic) bond motifs is 1. The van der Waals surface area contributed by atoms with Crippen molar-refractivity contribution >= 4 is 51.5 Å². The lowest BCUT2D eigenvalue weighted by Crippen LogP contribution is -2.36. The van der Waals surface area contributed by atoms with Gasteiger partial charge in [0.1, 0.15) is 12.4 Å². The van der Waals surface area contributed by atoms with Gasteiger partial charge in [-0.15, -0.1) is 0 Å². The number of aromatic nitrogens is 1. The molecule has 8 heteroatoms. The smallest absolute Gasteiger partial charge is 0.294 e. The van der Waals surface area contributed by atoms with E-state index in [-0.39, 0.29) is 10.6 Å². The van der Waals surface area contributed by atoms with Crippen molar-refractivity contribution in [2.75, 3.05) is 11.9 Å². The summed E-state index contributed by atoms with van der Waals surface area (Å²) in [5.41, 5.74) is 3.97. The van der Waals surface area contributed by atoms with E-state index in [4.69, 9.17) is 0 Å². The van der Waals surface area contributed by atoms with Gasteiger partial charge in [-0.2, -0.15) is 0 Å². The van der Waals surface area contributed by atoms with Crippen molar-refractivity contribution in [3.63, 3.8) is 0 Å². The SMILES string of the molecule is Cc1c(/C=C2\SC(=O)N(CC(=O)Nc3ccccc3F)C2=O)c2ccccc2n1Cc1ccccc1. The third-order valence-electron chi connectivity index (χ3n) is 6.06. The fraction of sp³-hybridized carbons (Fsp3) is 0.107. The molecule has 3 amide bonds. The summed E-state index contributed by atoms with van der Waals surface area (Å²) in [6.45, 7) is 2.16. The van der Waals surface area contributed by atoms with Crippen LogP contribution in [0.25, 0.3) is 17.0 Å². The number of nitrogens with one attached hydrogen (secondary N) is 1. The molecule has 0 saturated carbocycles. The van der Waals surface area contributed by atoms with Gasteiger partial charge in [0.2, 0.25) is 5.91 Å². The molecule has 0 unspecified atom stereocenters. The lowest BCUT2D eigenvalue weighted by molar-refractivity contribution is -0.127. The average Bonchev–Trinajstić information content (AvgIpc) is 3.29. The van der Waals surface area contributed by atoms with E-state index in [0.29, 0.717) is 6.54 Å². The molecular formula is C28H22FN3O3S. The first kappa shape index (κ1) is 23.6. The van der Waals surface area contributed by atoms with Crippen LogP contribution in [-0.4, -0.2) is 33.1 Å². The third kappa shape index (κ3) is 4.55. The molecule has 1 N–H and O–H groups in total. The Morgan fingerprint density at radius 2 is 1.67 bits per heavy atom. The highest BCUT2D eigenvalue weighted by Crippen LogP contribution is 2.35. The van der Waals surface area contributed by atoms with Crippen molar-refractivity contribution in [1.82, 2.24) is 9.47 Å². The Bertz CT molecular complexity index is 1530. The molecule has 0 spiro atoms. The molecule has 1 aliphatic heterocycles. The first-order valence-corrected chi connectivity index (χ1v) is 12.2. The number of imide groups is 1. The number of halogens is 1. The molecule has 1 aliphatic rings. The number of hydrogen-bond donors (Lipinski definition) is 1. The van der Waals surface area contributed by atoms with Crippen LogP contribution in [0.15, 0.2) is 83.8 Å². The normalized spacial score (nSPS) is 14.7. The van der Waals surface area contributed by atoms with Gasteiger partial charge >= 0.3 is 0 Å². The summed E-state index contributed by atoms with van der Waals surface area (Å²) in [6.07, 6.45) is 1.72. The van der Waals surface area contributed by atoms with Crippen molar-refractivity contribution < 1.29 is 18.8 Å². The molecule has 0 bridgehead atoms. The van der Waals surface area contributed by atoms with Crippen molar-refractivity contribution in [3.05, 3.63) is 106 Å². The molecule has 4 aromatic rings. The van der Waals surface area contributed by atoms with Crippen LogP contribution >= 0.6 is 11.8 Å². The lowest BCUT2D eigenvalue weighted by atomic mass is 10.1. The Morgan fingerprint density at radius 3 is 2.44 bits per heavy atom. The number of para-hydroxylation sites is 2. The number of anilines is 1. The van der Waals surface area contributed by atoms with Crippen LogP contribution in [0, 0.1) is 12.7 Å². The molecular weight excluding hydrogens is 477 g/mol. The number of amides is 3. The molecule has 0 atom stereocenters. The Hall–Kier alpha value is -4.17. The van der Waals surface area contributed by atoms with Crippen LogP contribution in [-0.2, 0) is 16.1 Å². The Morgan fingerprint density at radius 1 is 0.972 bits per heavy atom. The second-order valence-corrected chi connectivity index (χ2v) is 9.38. The molecule has 36 heavy (non-hydrogen) atoms. The topological polar surface area (TPSA) is 71.4 Å². The number of carbonyl (C=O) groups excluding carboxylic acids is 3. The summed E-state index contributed by atoms with van der Waals surface area (Å²) in [4.78, 5) is 39.2. The molecule has 0 radical (unpaired) electrons. The van der Waals surface area contributed by atoms with E-state index in [1.807, 2.05) is 49.4 Å². The largest absolute Gasteiger partial charge is 0.340 e. The summed E-state index contributed by atoms with van der Waals surface area (Å²) in [6, 6.07) is 23.7. The summed E-state index contributed by atoms with van der Waals surface area (Å²) in [5.74, 6) is -1.80. The molecule has 5 rings (SSSR count). The molecule has 1 saturated heterocycles. The highest BCUT2D eigenvalue weighted by molar-refractivity contribution is 8.18. The zero-order chi connectivity index (χ0) is 25.2. The minimum absolute atomic E-state index is 0.00753. The summed E-state index contributed by atoms with van der Waals surface area (Å²) < 4.78 is 16.0. The zero-order valence-electron chi connectivity index (χ0n) is 19.4. The summed E-state index contributed by atoms with van der Waals surface area (Å²) in [7, 11) is 0. The second kappa shape index (κ2) is 9.83. The standard InChI is InChI=1S/C28H22FN3O3S/c1-18-21(20-11-5-8-14-24(20)31(18)16-19-9-3-2-4-10-19)15-25-27(34)32(28(35)36-25)17-26(33)30-23-13-7-6-12-22(23)29/h2-15H,16-17H2,1H3,(H,30,33)/b25-15-. The maximum absolute atomic E-state index is 13.8. The fourth-order valence-corrected chi connectivity index (χ4v) is 5.09. The highest BCUT2D eigenvalue weighted by Gasteiger charge is 2.36. The number of benzene rings is 3.